The molecule has 0 aliphatic rings. The SMILES string of the molecule is COC(=O)c1ccc(Nc2ccc(OC)cc2C)c(N)c1. The maximum atomic E-state index is 11.4. The third-order valence-corrected chi connectivity index (χ3v) is 3.18. The van der Waals surface area contributed by atoms with Crippen LogP contribution >= 0.6 is 0 Å². The monoisotopic (exact) mass is 286 g/mol. The molecule has 5 nitrogen and oxygen atoms in total. The van der Waals surface area contributed by atoms with E-state index < -0.39 is 5.97 Å². The molecule has 0 amide bonds. The Morgan fingerprint density at radius 2 is 1.81 bits per heavy atom. The summed E-state index contributed by atoms with van der Waals surface area (Å²) >= 11 is 0. The van der Waals surface area contributed by atoms with Crippen LogP contribution in [0.4, 0.5) is 17.1 Å². The van der Waals surface area contributed by atoms with E-state index in [0.29, 0.717) is 11.3 Å². The first-order valence-electron chi connectivity index (χ1n) is 6.44. The predicted molar refractivity (Wildman–Crippen MR) is 83.2 cm³/mol. The van der Waals surface area contributed by atoms with Crippen molar-refractivity contribution < 1.29 is 14.3 Å². The molecule has 110 valence electrons. The summed E-state index contributed by atoms with van der Waals surface area (Å²) in [5.41, 5.74) is 9.57. The molecule has 0 spiro atoms. The van der Waals surface area contributed by atoms with Gasteiger partial charge in [0.05, 0.1) is 31.2 Å². The van der Waals surface area contributed by atoms with Gasteiger partial charge in [0.2, 0.25) is 0 Å². The smallest absolute Gasteiger partial charge is 0.337 e. The standard InChI is InChI=1S/C16H18N2O3/c1-10-8-12(20-2)5-7-14(10)18-15-6-4-11(9-13(15)17)16(19)21-3/h4-9,18H,17H2,1-3H3. The third kappa shape index (κ3) is 3.25. The highest BCUT2D eigenvalue weighted by molar-refractivity contribution is 5.92. The van der Waals surface area contributed by atoms with Crippen LogP contribution in [0.2, 0.25) is 0 Å². The quantitative estimate of drug-likeness (QED) is 0.667. The number of benzene rings is 2. The summed E-state index contributed by atoms with van der Waals surface area (Å²) in [5.74, 6) is 0.390. The van der Waals surface area contributed by atoms with E-state index in [1.54, 1.807) is 25.3 Å². The van der Waals surface area contributed by atoms with Gasteiger partial charge in [-0.1, -0.05) is 0 Å². The molecule has 21 heavy (non-hydrogen) atoms. The molecular weight excluding hydrogens is 268 g/mol. The predicted octanol–water partition coefficient (Wildman–Crippen LogP) is 3.12. The average molecular weight is 286 g/mol. The zero-order valence-corrected chi connectivity index (χ0v) is 12.3. The zero-order chi connectivity index (χ0) is 15.4. The number of aryl methyl sites for hydroxylation is 1. The molecule has 2 rings (SSSR count). The van der Waals surface area contributed by atoms with Gasteiger partial charge >= 0.3 is 5.97 Å². The summed E-state index contributed by atoms with van der Waals surface area (Å²) in [6.45, 7) is 1.98. The van der Waals surface area contributed by atoms with Gasteiger partial charge in [0, 0.05) is 5.69 Å². The van der Waals surface area contributed by atoms with Crippen LogP contribution in [0.15, 0.2) is 36.4 Å². The van der Waals surface area contributed by atoms with Crippen molar-refractivity contribution in [2.24, 2.45) is 0 Å². The Morgan fingerprint density at radius 3 is 2.38 bits per heavy atom. The first kappa shape index (κ1) is 14.7. The number of esters is 1. The Balaban J connectivity index is 2.26. The minimum absolute atomic E-state index is 0.408. The summed E-state index contributed by atoms with van der Waals surface area (Å²) in [5, 5.41) is 3.24. The minimum atomic E-state index is -0.408. The van der Waals surface area contributed by atoms with E-state index >= 15 is 0 Å². The molecule has 0 bridgehead atoms. The van der Waals surface area contributed by atoms with Gasteiger partial charge in [-0.2, -0.15) is 0 Å². The lowest BCUT2D eigenvalue weighted by atomic mass is 10.1. The number of carbonyl (C=O) groups excluding carboxylic acids is 1. The van der Waals surface area contributed by atoms with Gasteiger partial charge in [0.25, 0.3) is 0 Å². The van der Waals surface area contributed by atoms with Crippen LogP contribution in [0.3, 0.4) is 0 Å². The maximum absolute atomic E-state index is 11.4. The number of nitrogens with one attached hydrogen (secondary N) is 1. The fraction of sp³-hybridized carbons (Fsp3) is 0.188. The first-order valence-corrected chi connectivity index (χ1v) is 6.44. The Hall–Kier alpha value is -2.69. The Morgan fingerprint density at radius 1 is 1.10 bits per heavy atom. The minimum Gasteiger partial charge on any atom is -0.497 e. The highest BCUT2D eigenvalue weighted by atomic mass is 16.5. The Labute approximate surface area is 123 Å². The summed E-state index contributed by atoms with van der Waals surface area (Å²) in [6.07, 6.45) is 0. The third-order valence-electron chi connectivity index (χ3n) is 3.18. The Kier molecular flexibility index (Phi) is 4.33. The molecule has 5 heteroatoms. The van der Waals surface area contributed by atoms with Crippen LogP contribution in [0.25, 0.3) is 0 Å². The van der Waals surface area contributed by atoms with E-state index in [4.69, 9.17) is 10.5 Å². The van der Waals surface area contributed by atoms with E-state index in [2.05, 4.69) is 10.1 Å². The molecule has 0 heterocycles. The van der Waals surface area contributed by atoms with Crippen molar-refractivity contribution >= 4 is 23.0 Å². The van der Waals surface area contributed by atoms with Gasteiger partial charge in [-0.15, -0.1) is 0 Å². The molecule has 2 aromatic carbocycles. The summed E-state index contributed by atoms with van der Waals surface area (Å²) in [6, 6.07) is 10.7. The van der Waals surface area contributed by atoms with Gasteiger partial charge in [0.1, 0.15) is 5.75 Å². The average Bonchev–Trinajstić information content (AvgIpc) is 2.50. The number of carbonyl (C=O) groups is 1. The van der Waals surface area contributed by atoms with Crippen molar-refractivity contribution in [2.75, 3.05) is 25.3 Å². The van der Waals surface area contributed by atoms with E-state index in [1.807, 2.05) is 25.1 Å². The van der Waals surface area contributed by atoms with Gasteiger partial charge in [0.15, 0.2) is 0 Å². The van der Waals surface area contributed by atoms with Crippen molar-refractivity contribution in [2.45, 2.75) is 6.92 Å². The molecule has 0 atom stereocenters. The van der Waals surface area contributed by atoms with Crippen molar-refractivity contribution in [1.29, 1.82) is 0 Å². The van der Waals surface area contributed by atoms with Crippen molar-refractivity contribution in [3.63, 3.8) is 0 Å². The molecule has 0 aliphatic carbocycles. The number of methoxy groups -OCH3 is 2. The zero-order valence-electron chi connectivity index (χ0n) is 12.3. The van der Waals surface area contributed by atoms with E-state index in [1.165, 1.54) is 7.11 Å². The highest BCUT2D eigenvalue weighted by Crippen LogP contribution is 2.28. The fourth-order valence-electron chi connectivity index (χ4n) is 1.97. The lowest BCUT2D eigenvalue weighted by Crippen LogP contribution is -2.04. The number of rotatable bonds is 4. The first-order chi connectivity index (χ1) is 10.0. The van der Waals surface area contributed by atoms with E-state index in [9.17, 15) is 4.79 Å². The number of hydrogen-bond acceptors (Lipinski definition) is 5. The summed E-state index contributed by atoms with van der Waals surface area (Å²) < 4.78 is 9.84. The lowest BCUT2D eigenvalue weighted by Gasteiger charge is -2.13. The summed E-state index contributed by atoms with van der Waals surface area (Å²) in [4.78, 5) is 11.4. The van der Waals surface area contributed by atoms with Crippen LogP contribution in [0.5, 0.6) is 5.75 Å². The number of ether oxygens (including phenoxy) is 2. The molecule has 0 radical (unpaired) electrons. The van der Waals surface area contributed by atoms with E-state index in [0.717, 1.165) is 22.7 Å². The van der Waals surface area contributed by atoms with Gasteiger partial charge in [-0.3, -0.25) is 0 Å². The van der Waals surface area contributed by atoms with Crippen molar-refractivity contribution in [1.82, 2.24) is 0 Å². The van der Waals surface area contributed by atoms with Crippen molar-refractivity contribution in [3.05, 3.63) is 47.5 Å². The van der Waals surface area contributed by atoms with Gasteiger partial charge < -0.3 is 20.5 Å². The van der Waals surface area contributed by atoms with Gasteiger partial charge in [-0.25, -0.2) is 4.79 Å². The molecule has 0 saturated carbocycles. The van der Waals surface area contributed by atoms with Gasteiger partial charge in [-0.05, 0) is 48.9 Å². The fourth-order valence-corrected chi connectivity index (χ4v) is 1.97. The maximum Gasteiger partial charge on any atom is 0.337 e. The second-order valence-corrected chi connectivity index (χ2v) is 4.60. The molecular formula is C16H18N2O3. The number of anilines is 3. The lowest BCUT2D eigenvalue weighted by molar-refractivity contribution is 0.0601. The second-order valence-electron chi connectivity index (χ2n) is 4.60. The topological polar surface area (TPSA) is 73.6 Å². The normalized spacial score (nSPS) is 10.0. The molecule has 2 aromatic rings. The summed E-state index contributed by atoms with van der Waals surface area (Å²) in [7, 11) is 2.97. The Bertz CT molecular complexity index is 669. The van der Waals surface area contributed by atoms with Crippen LogP contribution in [-0.2, 0) is 4.74 Å². The number of nitrogens with two attached hydrogens (primary N) is 1. The van der Waals surface area contributed by atoms with Crippen LogP contribution in [0, 0.1) is 6.92 Å². The van der Waals surface area contributed by atoms with E-state index in [-0.39, 0.29) is 0 Å². The molecule has 0 aliphatic heterocycles. The molecule has 0 fully saturated rings. The highest BCUT2D eigenvalue weighted by Gasteiger charge is 2.09. The van der Waals surface area contributed by atoms with Crippen LogP contribution in [-0.4, -0.2) is 20.2 Å². The molecule has 3 N–H and O–H groups in total. The molecule has 0 aromatic heterocycles. The largest absolute Gasteiger partial charge is 0.497 e. The number of nitrogen functional groups attached to an aromatic ring is 1. The molecule has 0 saturated heterocycles. The molecule has 0 unspecified atom stereocenters. The van der Waals surface area contributed by atoms with Crippen LogP contribution in [0.1, 0.15) is 15.9 Å². The number of hydrogen-bond donors (Lipinski definition) is 2. The van der Waals surface area contributed by atoms with Crippen molar-refractivity contribution in [3.8, 4) is 5.75 Å². The second kappa shape index (κ2) is 6.17. The van der Waals surface area contributed by atoms with Crippen LogP contribution < -0.4 is 15.8 Å².